The van der Waals surface area contributed by atoms with Crippen LogP contribution >= 0.6 is 0 Å². The number of hydrogen-bond donors (Lipinski definition) is 0. The van der Waals surface area contributed by atoms with Crippen molar-refractivity contribution in [3.05, 3.63) is 12.2 Å². The van der Waals surface area contributed by atoms with Crippen LogP contribution in [0, 0.1) is 44.8 Å². The summed E-state index contributed by atoms with van der Waals surface area (Å²) in [5.41, 5.74) is -3.20. The van der Waals surface area contributed by atoms with Gasteiger partial charge in [0.25, 0.3) is 0 Å². The molecule has 1 heterocycles. The van der Waals surface area contributed by atoms with Crippen molar-refractivity contribution in [2.24, 2.45) is 10.8 Å². The van der Waals surface area contributed by atoms with Crippen molar-refractivity contribution in [2.45, 2.75) is 6.92 Å². The molecule has 0 radical (unpaired) electrons. The minimum absolute atomic E-state index is 0.00541. The number of carbonyl (C=O) groups is 1. The summed E-state index contributed by atoms with van der Waals surface area (Å²) in [5, 5.41) is 27.6. The molecular formula is C13H13N3O4. The summed E-state index contributed by atoms with van der Waals surface area (Å²) in [4.78, 5) is 11.5. The molecule has 0 saturated carbocycles. The highest BCUT2D eigenvalue weighted by Crippen LogP contribution is 2.41. The number of nitrogens with zero attached hydrogens (tertiary/aromatic N) is 3. The van der Waals surface area contributed by atoms with Gasteiger partial charge >= 0.3 is 5.97 Å². The molecule has 1 aliphatic heterocycles. The molecule has 104 valence electrons. The number of esters is 1. The summed E-state index contributed by atoms with van der Waals surface area (Å²) in [6.45, 7) is 4.37. The number of rotatable bonds is 4. The maximum absolute atomic E-state index is 11.5. The van der Waals surface area contributed by atoms with E-state index in [1.807, 2.05) is 0 Å². The summed E-state index contributed by atoms with van der Waals surface area (Å²) in [5.74, 6) is -0.669. The average Bonchev–Trinajstić information content (AvgIpc) is 2.48. The van der Waals surface area contributed by atoms with E-state index in [1.165, 1.54) is 6.92 Å². The quantitative estimate of drug-likeness (QED) is 0.546. The molecule has 0 spiro atoms. The second-order valence-corrected chi connectivity index (χ2v) is 4.54. The molecule has 1 aliphatic rings. The molecule has 7 heteroatoms. The molecule has 0 unspecified atom stereocenters. The Morgan fingerprint density at radius 3 is 2.20 bits per heavy atom. The normalized spacial score (nSPS) is 17.1. The van der Waals surface area contributed by atoms with Crippen molar-refractivity contribution in [1.29, 1.82) is 15.8 Å². The van der Waals surface area contributed by atoms with Gasteiger partial charge in [-0.1, -0.05) is 6.58 Å². The largest absolute Gasteiger partial charge is 0.461 e. The van der Waals surface area contributed by atoms with Gasteiger partial charge in [-0.25, -0.2) is 4.79 Å². The number of ether oxygens (including phenoxy) is 3. The van der Waals surface area contributed by atoms with E-state index in [1.54, 1.807) is 18.2 Å². The van der Waals surface area contributed by atoms with Crippen molar-refractivity contribution in [3.63, 3.8) is 0 Å². The molecule has 0 atom stereocenters. The molecular weight excluding hydrogens is 262 g/mol. The highest BCUT2D eigenvalue weighted by atomic mass is 16.7. The van der Waals surface area contributed by atoms with Crippen LogP contribution in [-0.4, -0.2) is 32.6 Å². The molecule has 0 aromatic heterocycles. The van der Waals surface area contributed by atoms with E-state index in [9.17, 15) is 20.6 Å². The van der Waals surface area contributed by atoms with Gasteiger partial charge in [0.05, 0.1) is 18.6 Å². The van der Waals surface area contributed by atoms with E-state index >= 15 is 0 Å². The SMILES string of the molecule is C=C(C)C(=O)OCC1(C(C#N)(C#N)C#N)COCOC1. The predicted octanol–water partition coefficient (Wildman–Crippen LogP) is 0.654. The number of carbonyl (C=O) groups excluding carboxylic acids is 1. The van der Waals surface area contributed by atoms with E-state index in [0.29, 0.717) is 0 Å². The first-order valence-corrected chi connectivity index (χ1v) is 5.69. The summed E-state index contributed by atoms with van der Waals surface area (Å²) in [7, 11) is 0. The molecule has 0 aliphatic carbocycles. The Morgan fingerprint density at radius 1 is 1.30 bits per heavy atom. The molecule has 0 aromatic carbocycles. The van der Waals surface area contributed by atoms with Crippen molar-refractivity contribution in [2.75, 3.05) is 26.6 Å². The minimum Gasteiger partial charge on any atom is -0.461 e. The molecule has 0 amide bonds. The first kappa shape index (κ1) is 15.7. The smallest absolute Gasteiger partial charge is 0.333 e. The van der Waals surface area contributed by atoms with Gasteiger partial charge in [0.2, 0.25) is 5.41 Å². The van der Waals surface area contributed by atoms with E-state index in [2.05, 4.69) is 6.58 Å². The Morgan fingerprint density at radius 2 is 1.80 bits per heavy atom. The van der Waals surface area contributed by atoms with Crippen molar-refractivity contribution in [3.8, 4) is 18.2 Å². The van der Waals surface area contributed by atoms with Crippen LogP contribution in [0.5, 0.6) is 0 Å². The highest BCUT2D eigenvalue weighted by Gasteiger charge is 2.56. The van der Waals surface area contributed by atoms with Crippen molar-refractivity contribution in [1.82, 2.24) is 0 Å². The first-order chi connectivity index (χ1) is 9.47. The zero-order chi connectivity index (χ0) is 15.2. The van der Waals surface area contributed by atoms with E-state index < -0.39 is 16.8 Å². The summed E-state index contributed by atoms with van der Waals surface area (Å²) in [6, 6.07) is 5.05. The third-order valence-electron chi connectivity index (χ3n) is 3.05. The fourth-order valence-electron chi connectivity index (χ4n) is 1.74. The summed E-state index contributed by atoms with van der Waals surface area (Å²) < 4.78 is 15.2. The third kappa shape index (κ3) is 2.62. The van der Waals surface area contributed by atoms with Gasteiger partial charge in [-0.05, 0) is 6.92 Å². The fourth-order valence-corrected chi connectivity index (χ4v) is 1.74. The lowest BCUT2D eigenvalue weighted by Crippen LogP contribution is -2.53. The van der Waals surface area contributed by atoms with Crippen LogP contribution < -0.4 is 0 Å². The Kier molecular flexibility index (Phi) is 4.83. The Balaban J connectivity index is 3.08. The van der Waals surface area contributed by atoms with Gasteiger partial charge in [0.1, 0.15) is 31.6 Å². The number of hydrogen-bond acceptors (Lipinski definition) is 7. The lowest BCUT2D eigenvalue weighted by atomic mass is 9.66. The topological polar surface area (TPSA) is 116 Å². The zero-order valence-electron chi connectivity index (χ0n) is 11.0. The molecule has 0 aromatic rings. The molecule has 7 nitrogen and oxygen atoms in total. The highest BCUT2D eigenvalue weighted by molar-refractivity contribution is 5.86. The average molecular weight is 275 g/mol. The Bertz CT molecular complexity index is 493. The standard InChI is InChI=1S/C13H13N3O4/c1-10(2)11(17)20-8-13(6-18-9-19-7-13)12(3-14,4-15)5-16/h1,6-9H2,2H3. The van der Waals surface area contributed by atoms with Crippen LogP contribution in [0.2, 0.25) is 0 Å². The van der Waals surface area contributed by atoms with Gasteiger partial charge in [0, 0.05) is 5.57 Å². The summed E-state index contributed by atoms with van der Waals surface area (Å²) >= 11 is 0. The van der Waals surface area contributed by atoms with Crippen LogP contribution in [0.25, 0.3) is 0 Å². The molecule has 0 bridgehead atoms. The second kappa shape index (κ2) is 6.16. The van der Waals surface area contributed by atoms with Gasteiger partial charge < -0.3 is 14.2 Å². The maximum atomic E-state index is 11.5. The summed E-state index contributed by atoms with van der Waals surface area (Å²) in [6.07, 6.45) is 0. The molecule has 1 fully saturated rings. The lowest BCUT2D eigenvalue weighted by molar-refractivity contribution is -0.197. The monoisotopic (exact) mass is 275 g/mol. The van der Waals surface area contributed by atoms with Crippen LogP contribution in [0.1, 0.15) is 6.92 Å². The Hall–Kier alpha value is -2.40. The fraction of sp³-hybridized carbons (Fsp3) is 0.538. The van der Waals surface area contributed by atoms with Crippen molar-refractivity contribution >= 4 is 5.97 Å². The van der Waals surface area contributed by atoms with Gasteiger partial charge in [-0.3, -0.25) is 0 Å². The van der Waals surface area contributed by atoms with Gasteiger partial charge in [-0.2, -0.15) is 15.8 Å². The van der Waals surface area contributed by atoms with Gasteiger partial charge in [0.15, 0.2) is 0 Å². The van der Waals surface area contributed by atoms with Crippen LogP contribution in [0.4, 0.5) is 0 Å². The third-order valence-corrected chi connectivity index (χ3v) is 3.05. The predicted molar refractivity (Wildman–Crippen MR) is 64.2 cm³/mol. The van der Waals surface area contributed by atoms with E-state index in [4.69, 9.17) is 14.2 Å². The molecule has 20 heavy (non-hydrogen) atoms. The molecule has 1 saturated heterocycles. The molecule has 1 rings (SSSR count). The first-order valence-electron chi connectivity index (χ1n) is 5.69. The van der Waals surface area contributed by atoms with Crippen LogP contribution in [-0.2, 0) is 19.0 Å². The van der Waals surface area contributed by atoms with Crippen molar-refractivity contribution < 1.29 is 19.0 Å². The van der Waals surface area contributed by atoms with Crippen LogP contribution in [0.15, 0.2) is 12.2 Å². The molecule has 0 N–H and O–H groups in total. The lowest BCUT2D eigenvalue weighted by Gasteiger charge is -2.40. The van der Waals surface area contributed by atoms with E-state index in [0.717, 1.165) is 0 Å². The maximum Gasteiger partial charge on any atom is 0.333 e. The zero-order valence-corrected chi connectivity index (χ0v) is 11.0. The van der Waals surface area contributed by atoms with Crippen LogP contribution in [0.3, 0.4) is 0 Å². The van der Waals surface area contributed by atoms with E-state index in [-0.39, 0.29) is 32.2 Å². The Labute approximate surface area is 116 Å². The minimum atomic E-state index is -2.03. The van der Waals surface area contributed by atoms with Gasteiger partial charge in [-0.15, -0.1) is 0 Å². The second-order valence-electron chi connectivity index (χ2n) is 4.54. The number of nitriles is 3.